The van der Waals surface area contributed by atoms with Gasteiger partial charge in [-0.2, -0.15) is 0 Å². The van der Waals surface area contributed by atoms with Crippen LogP contribution in [0.25, 0.3) is 0 Å². The molecule has 13 heavy (non-hydrogen) atoms. The van der Waals surface area contributed by atoms with Gasteiger partial charge >= 0.3 is 0 Å². The standard InChI is InChI=1S/C8H13NO4/c1-8(2)12-6-4-9(11)3-5(10)7(6)13-8/h4-7,10H,3H2,1-2H3/t5-,6-,7+/m1/s1. The lowest BCUT2D eigenvalue weighted by Gasteiger charge is -2.23. The van der Waals surface area contributed by atoms with E-state index in [2.05, 4.69) is 0 Å². The molecule has 5 nitrogen and oxygen atoms in total. The van der Waals surface area contributed by atoms with E-state index in [-0.39, 0.29) is 6.54 Å². The summed E-state index contributed by atoms with van der Waals surface area (Å²) >= 11 is 0. The summed E-state index contributed by atoms with van der Waals surface area (Å²) in [6.07, 6.45) is -0.183. The Bertz CT molecular complexity index is 251. The van der Waals surface area contributed by atoms with E-state index in [9.17, 15) is 10.3 Å². The van der Waals surface area contributed by atoms with E-state index in [1.165, 1.54) is 6.21 Å². The van der Waals surface area contributed by atoms with Crippen LogP contribution in [0.3, 0.4) is 0 Å². The van der Waals surface area contributed by atoms with E-state index in [0.29, 0.717) is 4.74 Å². The maximum Gasteiger partial charge on any atom is 0.183 e. The molecule has 1 fully saturated rings. The molecule has 5 heteroatoms. The Morgan fingerprint density at radius 1 is 1.54 bits per heavy atom. The molecule has 0 radical (unpaired) electrons. The first-order chi connectivity index (χ1) is 5.98. The summed E-state index contributed by atoms with van der Waals surface area (Å²) < 4.78 is 11.5. The van der Waals surface area contributed by atoms with Crippen LogP contribution in [-0.2, 0) is 9.47 Å². The third kappa shape index (κ3) is 1.54. The Kier molecular flexibility index (Phi) is 1.83. The molecule has 0 aromatic heterocycles. The van der Waals surface area contributed by atoms with Crippen LogP contribution >= 0.6 is 0 Å². The number of hydrogen-bond donors (Lipinski definition) is 1. The maximum atomic E-state index is 11.0. The van der Waals surface area contributed by atoms with Crippen LogP contribution < -0.4 is 0 Å². The fraction of sp³-hybridized carbons (Fsp3) is 0.875. The molecular formula is C8H13NO4. The number of nitrogens with zero attached hydrogens (tertiary/aromatic N) is 1. The van der Waals surface area contributed by atoms with E-state index in [1.807, 2.05) is 0 Å². The first-order valence-electron chi connectivity index (χ1n) is 4.30. The second kappa shape index (κ2) is 2.67. The summed E-state index contributed by atoms with van der Waals surface area (Å²) in [4.78, 5) is 0. The zero-order valence-electron chi connectivity index (χ0n) is 7.64. The number of β-amino-alcohol motifs (C(OH)–C–C–N with tert-alkyl or cyclic N) is 1. The average molecular weight is 187 g/mol. The van der Waals surface area contributed by atoms with Gasteiger partial charge in [-0.1, -0.05) is 0 Å². The Morgan fingerprint density at radius 3 is 2.92 bits per heavy atom. The summed E-state index contributed by atoms with van der Waals surface area (Å²) in [6, 6.07) is 0. The van der Waals surface area contributed by atoms with Gasteiger partial charge < -0.3 is 19.8 Å². The van der Waals surface area contributed by atoms with Crippen molar-refractivity contribution in [2.75, 3.05) is 6.54 Å². The lowest BCUT2D eigenvalue weighted by molar-refractivity contribution is -0.476. The molecule has 1 saturated heterocycles. The number of ether oxygens (including phenoxy) is 2. The van der Waals surface area contributed by atoms with Crippen molar-refractivity contribution in [3.8, 4) is 0 Å². The molecule has 2 aliphatic heterocycles. The molecule has 0 aromatic carbocycles. The summed E-state index contributed by atoms with van der Waals surface area (Å²) in [5.41, 5.74) is 0. The molecule has 2 rings (SSSR count). The van der Waals surface area contributed by atoms with Crippen molar-refractivity contribution < 1.29 is 19.3 Å². The van der Waals surface area contributed by atoms with E-state index in [0.717, 1.165) is 0 Å². The van der Waals surface area contributed by atoms with Gasteiger partial charge in [0.25, 0.3) is 0 Å². The molecule has 0 saturated carbocycles. The van der Waals surface area contributed by atoms with E-state index in [1.54, 1.807) is 13.8 Å². The minimum absolute atomic E-state index is 0.0562. The van der Waals surface area contributed by atoms with Crippen molar-refractivity contribution in [1.82, 2.24) is 0 Å². The fourth-order valence-corrected chi connectivity index (χ4v) is 1.74. The highest BCUT2D eigenvalue weighted by atomic mass is 16.8. The molecule has 0 amide bonds. The van der Waals surface area contributed by atoms with Crippen molar-refractivity contribution in [3.63, 3.8) is 0 Å². The first-order valence-corrected chi connectivity index (χ1v) is 4.30. The second-order valence-electron chi connectivity index (χ2n) is 3.88. The highest BCUT2D eigenvalue weighted by Crippen LogP contribution is 2.30. The molecular weight excluding hydrogens is 174 g/mol. The van der Waals surface area contributed by atoms with Crippen molar-refractivity contribution in [2.45, 2.75) is 37.9 Å². The Hall–Kier alpha value is -0.650. The van der Waals surface area contributed by atoms with Gasteiger partial charge in [0.15, 0.2) is 24.7 Å². The van der Waals surface area contributed by atoms with Gasteiger partial charge in [0.2, 0.25) is 0 Å². The third-order valence-electron chi connectivity index (χ3n) is 2.22. The van der Waals surface area contributed by atoms with Gasteiger partial charge in [-0.3, -0.25) is 0 Å². The number of aliphatic hydroxyl groups is 1. The number of rotatable bonds is 0. The monoisotopic (exact) mass is 187 g/mol. The smallest absolute Gasteiger partial charge is 0.183 e. The maximum absolute atomic E-state index is 11.0. The number of hydrogen-bond acceptors (Lipinski definition) is 4. The fourth-order valence-electron chi connectivity index (χ4n) is 1.74. The largest absolute Gasteiger partial charge is 0.624 e. The van der Waals surface area contributed by atoms with E-state index in [4.69, 9.17) is 9.47 Å². The van der Waals surface area contributed by atoms with Crippen LogP contribution in [0, 0.1) is 5.21 Å². The molecule has 0 spiro atoms. The van der Waals surface area contributed by atoms with E-state index < -0.39 is 24.1 Å². The lowest BCUT2D eigenvalue weighted by Crippen LogP contribution is -2.46. The van der Waals surface area contributed by atoms with Crippen LogP contribution in [0.4, 0.5) is 0 Å². The second-order valence-corrected chi connectivity index (χ2v) is 3.88. The summed E-state index contributed by atoms with van der Waals surface area (Å²) in [5, 5.41) is 20.5. The first kappa shape index (κ1) is 8.93. The molecule has 0 aromatic rings. The predicted octanol–water partition coefficient (Wildman–Crippen LogP) is -0.538. The zero-order chi connectivity index (χ0) is 9.64. The molecule has 1 N–H and O–H groups in total. The van der Waals surface area contributed by atoms with Crippen LogP contribution in [0.5, 0.6) is 0 Å². The van der Waals surface area contributed by atoms with Gasteiger partial charge in [-0.15, -0.1) is 0 Å². The average Bonchev–Trinajstić information content (AvgIpc) is 2.23. The van der Waals surface area contributed by atoms with Crippen molar-refractivity contribution in [1.29, 1.82) is 0 Å². The van der Waals surface area contributed by atoms with Gasteiger partial charge in [0.1, 0.15) is 12.2 Å². The van der Waals surface area contributed by atoms with Gasteiger partial charge in [-0.05, 0) is 13.8 Å². The Morgan fingerprint density at radius 2 is 2.23 bits per heavy atom. The molecule has 0 bridgehead atoms. The van der Waals surface area contributed by atoms with Crippen LogP contribution in [-0.4, -0.2) is 46.7 Å². The van der Waals surface area contributed by atoms with Gasteiger partial charge in [0.05, 0.1) is 0 Å². The van der Waals surface area contributed by atoms with Crippen LogP contribution in [0.1, 0.15) is 13.8 Å². The van der Waals surface area contributed by atoms with Crippen molar-refractivity contribution >= 4 is 6.21 Å². The topological polar surface area (TPSA) is 64.8 Å². The molecule has 2 heterocycles. The Balaban J connectivity index is 2.21. The van der Waals surface area contributed by atoms with Crippen molar-refractivity contribution in [2.24, 2.45) is 0 Å². The highest BCUT2D eigenvalue weighted by molar-refractivity contribution is 5.60. The predicted molar refractivity (Wildman–Crippen MR) is 44.4 cm³/mol. The number of aliphatic hydroxyl groups excluding tert-OH is 1. The minimum Gasteiger partial charge on any atom is -0.624 e. The molecule has 0 aliphatic carbocycles. The summed E-state index contributed by atoms with van der Waals surface area (Å²) in [7, 11) is 0. The summed E-state index contributed by atoms with van der Waals surface area (Å²) in [5.74, 6) is -0.710. The number of hydroxylamine groups is 1. The summed E-state index contributed by atoms with van der Waals surface area (Å²) in [6.45, 7) is 3.59. The van der Waals surface area contributed by atoms with Gasteiger partial charge in [0, 0.05) is 0 Å². The van der Waals surface area contributed by atoms with Gasteiger partial charge in [-0.25, -0.2) is 4.74 Å². The molecule has 2 aliphatic rings. The third-order valence-corrected chi connectivity index (χ3v) is 2.22. The Labute approximate surface area is 76.2 Å². The van der Waals surface area contributed by atoms with Crippen LogP contribution in [0.2, 0.25) is 0 Å². The SMILES string of the molecule is CC1(C)O[C@H]2[C@H](O)C[N+]([O-])=C[C@H]2O1. The molecule has 0 unspecified atom stereocenters. The van der Waals surface area contributed by atoms with Crippen LogP contribution in [0.15, 0.2) is 0 Å². The number of fused-ring (bicyclic) bond motifs is 1. The molecule has 3 atom stereocenters. The lowest BCUT2D eigenvalue weighted by atomic mass is 10.1. The van der Waals surface area contributed by atoms with Crippen molar-refractivity contribution in [3.05, 3.63) is 5.21 Å². The zero-order valence-corrected chi connectivity index (χ0v) is 7.64. The van der Waals surface area contributed by atoms with E-state index >= 15 is 0 Å². The normalized spacial score (nSPS) is 42.7. The quantitative estimate of drug-likeness (QED) is 0.408. The minimum atomic E-state index is -0.769. The molecule has 74 valence electrons. The highest BCUT2D eigenvalue weighted by Gasteiger charge is 2.48.